The molecule has 3 aromatic rings. The molecule has 0 unspecified atom stereocenters. The first kappa shape index (κ1) is 16.6. The molecule has 0 radical (unpaired) electrons. The van der Waals surface area contributed by atoms with Crippen molar-refractivity contribution in [2.24, 2.45) is 0 Å². The topological polar surface area (TPSA) is 69.6 Å². The Morgan fingerprint density at radius 2 is 1.80 bits per heavy atom. The maximum atomic E-state index is 12.8. The second-order valence-corrected chi connectivity index (χ2v) is 5.47. The second kappa shape index (κ2) is 6.68. The van der Waals surface area contributed by atoms with E-state index in [0.717, 1.165) is 0 Å². The molecule has 0 atom stereocenters. The van der Waals surface area contributed by atoms with Gasteiger partial charge in [0.25, 0.3) is 5.91 Å². The molecule has 0 saturated heterocycles. The van der Waals surface area contributed by atoms with Crippen molar-refractivity contribution in [1.29, 1.82) is 0 Å². The molecule has 6 nitrogen and oxygen atoms in total. The number of carbonyl (C=O) groups excluding carboxylic acids is 2. The Kier molecular flexibility index (Phi) is 4.43. The van der Waals surface area contributed by atoms with Gasteiger partial charge in [-0.3, -0.25) is 14.2 Å². The van der Waals surface area contributed by atoms with Gasteiger partial charge in [-0.1, -0.05) is 18.2 Å². The van der Waals surface area contributed by atoms with E-state index >= 15 is 0 Å². The van der Waals surface area contributed by atoms with Crippen LogP contribution in [-0.2, 0) is 0 Å². The third-order valence-corrected chi connectivity index (χ3v) is 3.95. The fourth-order valence-electron chi connectivity index (χ4n) is 2.72. The molecule has 3 rings (SSSR count). The molecule has 0 spiro atoms. The van der Waals surface area contributed by atoms with Crippen LogP contribution in [0.1, 0.15) is 22.1 Å². The minimum Gasteiger partial charge on any atom is -0.497 e. The van der Waals surface area contributed by atoms with Crippen LogP contribution in [0.25, 0.3) is 10.9 Å². The molecule has 6 heteroatoms. The molecular weight excluding hydrogens is 320 g/mol. The lowest BCUT2D eigenvalue weighted by Gasteiger charge is -2.11. The molecule has 0 aliphatic carbocycles. The number of benzene rings is 2. The Hall–Kier alpha value is -3.28. The smallest absolute Gasteiger partial charge is 0.257 e. The predicted octanol–water partition coefficient (Wildman–Crippen LogP) is 3.57. The zero-order valence-corrected chi connectivity index (χ0v) is 14.2. The number of methoxy groups -OCH3 is 2. The molecule has 0 fully saturated rings. The maximum absolute atomic E-state index is 12.8. The zero-order chi connectivity index (χ0) is 18.0. The van der Waals surface area contributed by atoms with Gasteiger partial charge in [-0.2, -0.15) is 0 Å². The number of nitrogens with one attached hydrogen (secondary N) is 1. The normalized spacial score (nSPS) is 10.5. The molecule has 1 amide bonds. The van der Waals surface area contributed by atoms with Gasteiger partial charge in [-0.25, -0.2) is 0 Å². The lowest BCUT2D eigenvalue weighted by molar-refractivity contribution is 0.0941. The van der Waals surface area contributed by atoms with Crippen molar-refractivity contribution in [3.8, 4) is 11.5 Å². The van der Waals surface area contributed by atoms with Crippen LogP contribution < -0.4 is 14.8 Å². The van der Waals surface area contributed by atoms with Gasteiger partial charge in [0.15, 0.2) is 0 Å². The van der Waals surface area contributed by atoms with Crippen molar-refractivity contribution in [3.63, 3.8) is 0 Å². The summed E-state index contributed by atoms with van der Waals surface area (Å²) in [5.74, 6) is 0.628. The van der Waals surface area contributed by atoms with Crippen LogP contribution in [0.4, 0.5) is 5.69 Å². The quantitative estimate of drug-likeness (QED) is 0.789. The lowest BCUT2D eigenvalue weighted by atomic mass is 10.1. The monoisotopic (exact) mass is 338 g/mol. The lowest BCUT2D eigenvalue weighted by Crippen LogP contribution is -2.13. The summed E-state index contributed by atoms with van der Waals surface area (Å²) in [7, 11) is 3.08. The Balaban J connectivity index is 2.03. The highest BCUT2D eigenvalue weighted by Gasteiger charge is 2.18. The molecule has 0 saturated carbocycles. The number of amides is 1. The first-order chi connectivity index (χ1) is 12.0. The second-order valence-electron chi connectivity index (χ2n) is 5.47. The van der Waals surface area contributed by atoms with Gasteiger partial charge in [0.1, 0.15) is 11.5 Å². The van der Waals surface area contributed by atoms with Gasteiger partial charge in [-0.15, -0.1) is 0 Å². The van der Waals surface area contributed by atoms with E-state index in [4.69, 9.17) is 9.47 Å². The van der Waals surface area contributed by atoms with Gasteiger partial charge in [-0.05, 0) is 18.2 Å². The van der Waals surface area contributed by atoms with Crippen LogP contribution in [-0.4, -0.2) is 30.6 Å². The Morgan fingerprint density at radius 3 is 2.48 bits per heavy atom. The molecule has 128 valence electrons. The molecule has 1 heterocycles. The summed E-state index contributed by atoms with van der Waals surface area (Å²) in [5.41, 5.74) is 1.60. The van der Waals surface area contributed by atoms with Crippen molar-refractivity contribution in [2.45, 2.75) is 6.92 Å². The van der Waals surface area contributed by atoms with Crippen LogP contribution in [0.3, 0.4) is 0 Å². The average Bonchev–Trinajstić information content (AvgIpc) is 3.01. The number of rotatable bonds is 4. The minimum atomic E-state index is -0.331. The van der Waals surface area contributed by atoms with Crippen LogP contribution in [0.15, 0.2) is 48.7 Å². The number of carbonyl (C=O) groups is 2. The molecule has 1 aromatic heterocycles. The summed E-state index contributed by atoms with van der Waals surface area (Å²) < 4.78 is 11.9. The number of nitrogens with zero attached hydrogens (tertiary/aromatic N) is 1. The Morgan fingerprint density at radius 1 is 1.04 bits per heavy atom. The van der Waals surface area contributed by atoms with Crippen LogP contribution in [0.2, 0.25) is 0 Å². The molecule has 1 N–H and O–H groups in total. The van der Waals surface area contributed by atoms with Crippen molar-refractivity contribution in [1.82, 2.24) is 4.57 Å². The van der Waals surface area contributed by atoms with E-state index in [-0.39, 0.29) is 11.8 Å². The van der Waals surface area contributed by atoms with E-state index in [1.54, 1.807) is 37.6 Å². The number of anilines is 1. The van der Waals surface area contributed by atoms with E-state index in [2.05, 4.69) is 5.32 Å². The highest BCUT2D eigenvalue weighted by atomic mass is 16.5. The summed E-state index contributed by atoms with van der Waals surface area (Å²) in [6.45, 7) is 1.46. The van der Waals surface area contributed by atoms with E-state index < -0.39 is 0 Å². The minimum absolute atomic E-state index is 0.158. The molecule has 0 aliphatic heterocycles. The van der Waals surface area contributed by atoms with E-state index in [0.29, 0.717) is 33.7 Å². The van der Waals surface area contributed by atoms with E-state index in [1.807, 2.05) is 18.2 Å². The SMILES string of the molecule is COc1ccc(OC)c(NC(=O)c2cn(C(C)=O)c3ccccc23)c1. The Labute approximate surface area is 145 Å². The van der Waals surface area contributed by atoms with Gasteiger partial charge in [0, 0.05) is 24.6 Å². The fraction of sp³-hybridized carbons (Fsp3) is 0.158. The number of aromatic nitrogens is 1. The van der Waals surface area contributed by atoms with Crippen molar-refractivity contribution in [3.05, 3.63) is 54.2 Å². The summed E-state index contributed by atoms with van der Waals surface area (Å²) in [6.07, 6.45) is 1.55. The summed E-state index contributed by atoms with van der Waals surface area (Å²) in [6, 6.07) is 12.4. The zero-order valence-electron chi connectivity index (χ0n) is 14.2. The van der Waals surface area contributed by atoms with Crippen LogP contribution in [0, 0.1) is 0 Å². The molecular formula is C19H18N2O4. The van der Waals surface area contributed by atoms with Gasteiger partial charge in [0.2, 0.25) is 5.91 Å². The van der Waals surface area contributed by atoms with Crippen molar-refractivity contribution in [2.75, 3.05) is 19.5 Å². The van der Waals surface area contributed by atoms with Gasteiger partial charge >= 0.3 is 0 Å². The van der Waals surface area contributed by atoms with Crippen molar-refractivity contribution < 1.29 is 19.1 Å². The highest BCUT2D eigenvalue weighted by Crippen LogP contribution is 2.30. The first-order valence-electron chi connectivity index (χ1n) is 7.69. The first-order valence-corrected chi connectivity index (χ1v) is 7.69. The number of para-hydroxylation sites is 1. The number of fused-ring (bicyclic) bond motifs is 1. The summed E-state index contributed by atoms with van der Waals surface area (Å²) in [5, 5.41) is 3.53. The third kappa shape index (κ3) is 3.06. The summed E-state index contributed by atoms with van der Waals surface area (Å²) >= 11 is 0. The van der Waals surface area contributed by atoms with E-state index in [1.165, 1.54) is 18.6 Å². The molecule has 2 aromatic carbocycles. The molecule has 25 heavy (non-hydrogen) atoms. The van der Waals surface area contributed by atoms with Gasteiger partial charge in [0.05, 0.1) is 31.0 Å². The van der Waals surface area contributed by atoms with Crippen LogP contribution in [0.5, 0.6) is 11.5 Å². The standard InChI is InChI=1S/C19H18N2O4/c1-12(22)21-11-15(14-6-4-5-7-17(14)21)19(23)20-16-10-13(24-2)8-9-18(16)25-3/h4-11H,1-3H3,(H,20,23). The Bertz CT molecular complexity index is 959. The predicted molar refractivity (Wildman–Crippen MR) is 95.7 cm³/mol. The average molecular weight is 338 g/mol. The maximum Gasteiger partial charge on any atom is 0.257 e. The van der Waals surface area contributed by atoms with Crippen LogP contribution >= 0.6 is 0 Å². The molecule has 0 bridgehead atoms. The molecule has 0 aliphatic rings. The van der Waals surface area contributed by atoms with Gasteiger partial charge < -0.3 is 14.8 Å². The third-order valence-electron chi connectivity index (χ3n) is 3.95. The number of ether oxygens (including phenoxy) is 2. The highest BCUT2D eigenvalue weighted by molar-refractivity contribution is 6.14. The van der Waals surface area contributed by atoms with Crippen molar-refractivity contribution >= 4 is 28.4 Å². The fourth-order valence-corrected chi connectivity index (χ4v) is 2.72. The largest absolute Gasteiger partial charge is 0.497 e. The number of hydrogen-bond donors (Lipinski definition) is 1. The number of hydrogen-bond acceptors (Lipinski definition) is 4. The summed E-state index contributed by atoms with van der Waals surface area (Å²) in [4.78, 5) is 24.6. The van der Waals surface area contributed by atoms with E-state index in [9.17, 15) is 9.59 Å².